The number of benzene rings is 2. The van der Waals surface area contributed by atoms with Gasteiger partial charge in [-0.25, -0.2) is 9.18 Å². The van der Waals surface area contributed by atoms with E-state index in [1.54, 1.807) is 36.2 Å². The first-order chi connectivity index (χ1) is 12.5. The van der Waals surface area contributed by atoms with Gasteiger partial charge in [-0.3, -0.25) is 4.79 Å². The van der Waals surface area contributed by atoms with Gasteiger partial charge >= 0.3 is 6.03 Å². The minimum Gasteiger partial charge on any atom is -0.355 e. The van der Waals surface area contributed by atoms with Gasteiger partial charge in [0.2, 0.25) is 0 Å². The maximum absolute atomic E-state index is 13.4. The normalized spacial score (nSPS) is 13.2. The second kappa shape index (κ2) is 7.56. The Hall–Kier alpha value is -2.89. The summed E-state index contributed by atoms with van der Waals surface area (Å²) < 4.78 is 13.4. The highest BCUT2D eigenvalue weighted by molar-refractivity contribution is 5.96. The van der Waals surface area contributed by atoms with Crippen molar-refractivity contribution in [1.82, 2.24) is 10.2 Å². The summed E-state index contributed by atoms with van der Waals surface area (Å²) in [5.41, 5.74) is 2.77. The molecule has 3 amide bonds. The van der Waals surface area contributed by atoms with Crippen LogP contribution in [0, 0.1) is 12.7 Å². The van der Waals surface area contributed by atoms with Crippen LogP contribution in [0.15, 0.2) is 42.5 Å². The van der Waals surface area contributed by atoms with E-state index in [9.17, 15) is 14.0 Å². The Morgan fingerprint density at radius 2 is 1.96 bits per heavy atom. The minimum absolute atomic E-state index is 0.170. The molecule has 0 aromatic heterocycles. The number of rotatable bonds is 5. The number of aryl methyl sites for hydroxylation is 1. The van der Waals surface area contributed by atoms with Gasteiger partial charge in [-0.1, -0.05) is 12.1 Å². The molecular formula is C20H22FN3O2. The molecule has 0 heterocycles. The third kappa shape index (κ3) is 4.20. The summed E-state index contributed by atoms with van der Waals surface area (Å²) in [5.74, 6) is -0.476. The summed E-state index contributed by atoms with van der Waals surface area (Å²) >= 11 is 0. The first kappa shape index (κ1) is 17.9. The zero-order valence-corrected chi connectivity index (χ0v) is 14.9. The number of hydrogen-bond acceptors (Lipinski definition) is 2. The van der Waals surface area contributed by atoms with E-state index in [1.807, 2.05) is 13.0 Å². The maximum Gasteiger partial charge on any atom is 0.322 e. The van der Waals surface area contributed by atoms with E-state index in [-0.39, 0.29) is 23.8 Å². The van der Waals surface area contributed by atoms with E-state index in [2.05, 4.69) is 10.6 Å². The average Bonchev–Trinajstić information content (AvgIpc) is 3.45. The van der Waals surface area contributed by atoms with E-state index in [0.717, 1.165) is 24.0 Å². The first-order valence-corrected chi connectivity index (χ1v) is 8.62. The summed E-state index contributed by atoms with van der Waals surface area (Å²) in [6.45, 7) is 2.21. The number of hydrogen-bond donors (Lipinski definition) is 2. The predicted molar refractivity (Wildman–Crippen MR) is 98.6 cm³/mol. The number of carbonyl (C=O) groups excluding carboxylic acids is 2. The first-order valence-electron chi connectivity index (χ1n) is 8.62. The van der Waals surface area contributed by atoms with Crippen molar-refractivity contribution in [2.75, 3.05) is 12.4 Å². The predicted octanol–water partition coefficient (Wildman–Crippen LogP) is 3.69. The van der Waals surface area contributed by atoms with Crippen LogP contribution in [-0.2, 0) is 6.54 Å². The van der Waals surface area contributed by atoms with E-state index in [4.69, 9.17) is 0 Å². The smallest absolute Gasteiger partial charge is 0.322 e. The Balaban J connectivity index is 1.73. The number of urea groups is 1. The Morgan fingerprint density at radius 1 is 1.19 bits per heavy atom. The van der Waals surface area contributed by atoms with E-state index < -0.39 is 0 Å². The highest BCUT2D eigenvalue weighted by Gasteiger charge is 2.32. The maximum atomic E-state index is 13.4. The van der Waals surface area contributed by atoms with Gasteiger partial charge in [0.1, 0.15) is 5.82 Å². The molecule has 0 bridgehead atoms. The van der Waals surface area contributed by atoms with Crippen LogP contribution in [0.4, 0.5) is 14.9 Å². The van der Waals surface area contributed by atoms with Crippen molar-refractivity contribution in [3.63, 3.8) is 0 Å². The molecular weight excluding hydrogens is 333 g/mol. The van der Waals surface area contributed by atoms with Crippen molar-refractivity contribution < 1.29 is 14.0 Å². The number of halogens is 1. The summed E-state index contributed by atoms with van der Waals surface area (Å²) in [7, 11) is 1.58. The van der Waals surface area contributed by atoms with Crippen LogP contribution < -0.4 is 10.6 Å². The molecule has 136 valence electrons. The van der Waals surface area contributed by atoms with Crippen LogP contribution in [0.1, 0.15) is 34.3 Å². The summed E-state index contributed by atoms with van der Waals surface area (Å²) in [6.07, 6.45) is 1.91. The minimum atomic E-state index is -0.306. The van der Waals surface area contributed by atoms with Crippen LogP contribution in [0.25, 0.3) is 0 Å². The Morgan fingerprint density at radius 3 is 2.58 bits per heavy atom. The van der Waals surface area contributed by atoms with Gasteiger partial charge in [0, 0.05) is 30.9 Å². The Kier molecular flexibility index (Phi) is 5.21. The molecule has 0 aliphatic heterocycles. The molecule has 6 heteroatoms. The molecule has 2 aromatic rings. The third-order valence-corrected chi connectivity index (χ3v) is 4.45. The van der Waals surface area contributed by atoms with Gasteiger partial charge < -0.3 is 15.5 Å². The van der Waals surface area contributed by atoms with Crippen LogP contribution in [0.2, 0.25) is 0 Å². The fraction of sp³-hybridized carbons (Fsp3) is 0.300. The molecule has 1 aliphatic carbocycles. The van der Waals surface area contributed by atoms with Gasteiger partial charge in [0.05, 0.1) is 0 Å². The molecule has 2 aromatic carbocycles. The Bertz CT molecular complexity index is 834. The quantitative estimate of drug-likeness (QED) is 0.859. The zero-order valence-electron chi connectivity index (χ0n) is 14.9. The van der Waals surface area contributed by atoms with Crippen molar-refractivity contribution in [1.29, 1.82) is 0 Å². The number of nitrogens with one attached hydrogen (secondary N) is 2. The average molecular weight is 355 g/mol. The molecule has 1 fully saturated rings. The highest BCUT2D eigenvalue weighted by atomic mass is 19.1. The third-order valence-electron chi connectivity index (χ3n) is 4.45. The summed E-state index contributed by atoms with van der Waals surface area (Å²) in [6, 6.07) is 11.4. The number of nitrogens with zero attached hydrogens (tertiary/aromatic N) is 1. The molecule has 1 saturated carbocycles. The second-order valence-electron chi connectivity index (χ2n) is 6.53. The van der Waals surface area contributed by atoms with Crippen LogP contribution in [-0.4, -0.2) is 29.9 Å². The standard InChI is InChI=1S/C20H22FN3O2/c1-13-10-15(19(25)22-2)6-9-18(13)23-20(26)24(17-7-8-17)12-14-4-3-5-16(21)11-14/h3-6,9-11,17H,7-8,12H2,1-2H3,(H,22,25)(H,23,26). The Labute approximate surface area is 152 Å². The van der Waals surface area contributed by atoms with Crippen LogP contribution >= 0.6 is 0 Å². The molecule has 5 nitrogen and oxygen atoms in total. The summed E-state index contributed by atoms with van der Waals surface area (Å²) in [4.78, 5) is 26.2. The molecule has 0 spiro atoms. The monoisotopic (exact) mass is 355 g/mol. The van der Waals surface area contributed by atoms with Crippen LogP contribution in [0.5, 0.6) is 0 Å². The van der Waals surface area contributed by atoms with Gasteiger partial charge in [0.15, 0.2) is 0 Å². The topological polar surface area (TPSA) is 61.4 Å². The van der Waals surface area contributed by atoms with E-state index in [0.29, 0.717) is 17.8 Å². The molecule has 0 atom stereocenters. The molecule has 0 unspecified atom stereocenters. The van der Waals surface area contributed by atoms with Crippen molar-refractivity contribution in [2.45, 2.75) is 32.4 Å². The molecule has 3 rings (SSSR count). The van der Waals surface area contributed by atoms with E-state index >= 15 is 0 Å². The zero-order chi connectivity index (χ0) is 18.7. The fourth-order valence-corrected chi connectivity index (χ4v) is 2.86. The van der Waals surface area contributed by atoms with Crippen LogP contribution in [0.3, 0.4) is 0 Å². The van der Waals surface area contributed by atoms with Gasteiger partial charge in [-0.2, -0.15) is 0 Å². The van der Waals surface area contributed by atoms with Crippen molar-refractivity contribution in [3.8, 4) is 0 Å². The van der Waals surface area contributed by atoms with Gasteiger partial charge in [-0.15, -0.1) is 0 Å². The lowest BCUT2D eigenvalue weighted by Crippen LogP contribution is -2.36. The van der Waals surface area contributed by atoms with Gasteiger partial charge in [-0.05, 0) is 61.2 Å². The lowest BCUT2D eigenvalue weighted by atomic mass is 10.1. The lowest BCUT2D eigenvalue weighted by molar-refractivity contribution is 0.0963. The summed E-state index contributed by atoms with van der Waals surface area (Å²) in [5, 5.41) is 5.49. The molecule has 26 heavy (non-hydrogen) atoms. The SMILES string of the molecule is CNC(=O)c1ccc(NC(=O)N(Cc2cccc(F)c2)C2CC2)c(C)c1. The number of amides is 3. The second-order valence-corrected chi connectivity index (χ2v) is 6.53. The number of anilines is 1. The lowest BCUT2D eigenvalue weighted by Gasteiger charge is -2.23. The van der Waals surface area contributed by atoms with Crippen molar-refractivity contribution in [3.05, 3.63) is 65.0 Å². The fourth-order valence-electron chi connectivity index (χ4n) is 2.86. The largest absolute Gasteiger partial charge is 0.355 e. The van der Waals surface area contributed by atoms with Crippen molar-refractivity contribution in [2.24, 2.45) is 0 Å². The van der Waals surface area contributed by atoms with Crippen molar-refractivity contribution >= 4 is 17.6 Å². The highest BCUT2D eigenvalue weighted by Crippen LogP contribution is 2.29. The van der Waals surface area contributed by atoms with E-state index in [1.165, 1.54) is 12.1 Å². The molecule has 1 aliphatic rings. The molecule has 2 N–H and O–H groups in total. The molecule has 0 radical (unpaired) electrons. The molecule has 0 saturated heterocycles. The number of carbonyl (C=O) groups is 2. The van der Waals surface area contributed by atoms with Gasteiger partial charge in [0.25, 0.3) is 5.91 Å².